The fourth-order valence-corrected chi connectivity index (χ4v) is 3.94. The topological polar surface area (TPSA) is 63.9 Å². The van der Waals surface area contributed by atoms with Gasteiger partial charge in [-0.25, -0.2) is 4.79 Å². The first kappa shape index (κ1) is 15.8. The maximum Gasteiger partial charge on any atom is 0.317 e. The Balaban J connectivity index is 1.39. The number of hydrogen-bond acceptors (Lipinski definition) is 1. The summed E-state index contributed by atoms with van der Waals surface area (Å²) < 4.78 is 0. The van der Waals surface area contributed by atoms with Gasteiger partial charge in [0.15, 0.2) is 0 Å². The van der Waals surface area contributed by atoms with Crippen molar-refractivity contribution in [2.24, 2.45) is 0 Å². The number of H-pyrrole nitrogens is 2. The highest BCUT2D eigenvalue weighted by Gasteiger charge is 2.30. The zero-order chi connectivity index (χ0) is 17.2. The average molecular weight is 336 g/mol. The zero-order valence-corrected chi connectivity index (χ0v) is 14.5. The second-order valence-corrected chi connectivity index (χ2v) is 6.77. The van der Waals surface area contributed by atoms with Crippen LogP contribution in [0, 0.1) is 6.92 Å². The Morgan fingerprint density at radius 2 is 2.20 bits per heavy atom. The molecule has 4 rings (SSSR count). The smallest absolute Gasteiger partial charge is 0.317 e. The summed E-state index contributed by atoms with van der Waals surface area (Å²) >= 11 is 0. The molecule has 0 aliphatic carbocycles. The molecule has 5 heteroatoms. The first-order chi connectivity index (χ1) is 12.2. The van der Waals surface area contributed by atoms with E-state index >= 15 is 0 Å². The van der Waals surface area contributed by atoms with Crippen molar-refractivity contribution in [3.63, 3.8) is 0 Å². The fourth-order valence-electron chi connectivity index (χ4n) is 3.94. The SMILES string of the molecule is Cc1cccc2[nH]cc(CCNC(=O)N3CCCC3c3ccc[nH]3)c12. The molecule has 3 N–H and O–H groups in total. The highest BCUT2D eigenvalue weighted by Crippen LogP contribution is 2.30. The number of carbonyl (C=O) groups excluding carboxylic acids is 1. The number of aromatic amines is 2. The zero-order valence-electron chi connectivity index (χ0n) is 14.5. The molecule has 1 aliphatic heterocycles. The summed E-state index contributed by atoms with van der Waals surface area (Å²) in [5.41, 5.74) is 4.81. The summed E-state index contributed by atoms with van der Waals surface area (Å²) in [6.45, 7) is 3.60. The maximum absolute atomic E-state index is 12.6. The highest BCUT2D eigenvalue weighted by atomic mass is 16.2. The van der Waals surface area contributed by atoms with E-state index in [9.17, 15) is 4.79 Å². The number of carbonyl (C=O) groups is 1. The summed E-state index contributed by atoms with van der Waals surface area (Å²) in [4.78, 5) is 21.1. The van der Waals surface area contributed by atoms with Crippen LogP contribution in [-0.2, 0) is 6.42 Å². The van der Waals surface area contributed by atoms with Gasteiger partial charge in [-0.15, -0.1) is 0 Å². The maximum atomic E-state index is 12.6. The van der Waals surface area contributed by atoms with Gasteiger partial charge in [0.05, 0.1) is 6.04 Å². The van der Waals surface area contributed by atoms with Crippen LogP contribution >= 0.6 is 0 Å². The summed E-state index contributed by atoms with van der Waals surface area (Å²) in [5, 5.41) is 4.38. The lowest BCUT2D eigenvalue weighted by atomic mass is 10.1. The van der Waals surface area contributed by atoms with E-state index in [4.69, 9.17) is 0 Å². The van der Waals surface area contributed by atoms with E-state index in [1.54, 1.807) is 0 Å². The number of aryl methyl sites for hydroxylation is 1. The molecule has 2 aromatic heterocycles. The molecule has 1 unspecified atom stereocenters. The largest absolute Gasteiger partial charge is 0.363 e. The van der Waals surface area contributed by atoms with Crippen molar-refractivity contribution >= 4 is 16.9 Å². The van der Waals surface area contributed by atoms with E-state index in [-0.39, 0.29) is 12.1 Å². The molecule has 0 spiro atoms. The molecule has 3 heterocycles. The molecule has 25 heavy (non-hydrogen) atoms. The molecule has 1 atom stereocenters. The van der Waals surface area contributed by atoms with Crippen LogP contribution in [-0.4, -0.2) is 34.0 Å². The Kier molecular flexibility index (Phi) is 4.22. The molecule has 1 fully saturated rings. The van der Waals surface area contributed by atoms with E-state index in [0.717, 1.165) is 37.0 Å². The predicted molar refractivity (Wildman–Crippen MR) is 99.6 cm³/mol. The molecule has 0 saturated carbocycles. The standard InChI is InChI=1S/C20H24N4O/c1-14-5-2-6-17-19(14)15(13-23-17)9-11-22-20(25)24-12-4-8-18(24)16-7-3-10-21-16/h2-3,5-7,10,13,18,21,23H,4,8-9,11-12H2,1H3,(H,22,25). The Morgan fingerprint density at radius 3 is 3.04 bits per heavy atom. The van der Waals surface area contributed by atoms with E-state index in [1.165, 1.54) is 16.5 Å². The average Bonchev–Trinajstić information content (AvgIpc) is 3.35. The minimum Gasteiger partial charge on any atom is -0.363 e. The molecule has 1 saturated heterocycles. The second kappa shape index (κ2) is 6.67. The van der Waals surface area contributed by atoms with Crippen LogP contribution in [0.4, 0.5) is 4.79 Å². The van der Waals surface area contributed by atoms with Gasteiger partial charge >= 0.3 is 6.03 Å². The Labute approximate surface area is 147 Å². The summed E-state index contributed by atoms with van der Waals surface area (Å²) in [6.07, 6.45) is 6.89. The van der Waals surface area contributed by atoms with Gasteiger partial charge in [-0.05, 0) is 55.5 Å². The first-order valence-corrected chi connectivity index (χ1v) is 8.97. The summed E-state index contributed by atoms with van der Waals surface area (Å²) in [6, 6.07) is 10.5. The summed E-state index contributed by atoms with van der Waals surface area (Å²) in [5.74, 6) is 0. The Hall–Kier alpha value is -2.69. The number of nitrogens with one attached hydrogen (secondary N) is 3. The van der Waals surface area contributed by atoms with Gasteiger partial charge in [-0.2, -0.15) is 0 Å². The molecule has 0 bridgehead atoms. The van der Waals surface area contributed by atoms with Crippen molar-refractivity contribution in [1.82, 2.24) is 20.2 Å². The first-order valence-electron chi connectivity index (χ1n) is 8.97. The van der Waals surface area contributed by atoms with Crippen LogP contribution in [0.5, 0.6) is 0 Å². The molecule has 5 nitrogen and oxygen atoms in total. The van der Waals surface area contributed by atoms with Crippen molar-refractivity contribution in [3.8, 4) is 0 Å². The Morgan fingerprint density at radius 1 is 1.28 bits per heavy atom. The summed E-state index contributed by atoms with van der Waals surface area (Å²) in [7, 11) is 0. The predicted octanol–water partition coefficient (Wildman–Crippen LogP) is 3.89. The van der Waals surface area contributed by atoms with Gasteiger partial charge in [-0.1, -0.05) is 12.1 Å². The third-order valence-corrected chi connectivity index (χ3v) is 5.16. The van der Waals surface area contributed by atoms with E-state index in [1.807, 2.05) is 17.2 Å². The van der Waals surface area contributed by atoms with Crippen molar-refractivity contribution < 1.29 is 4.79 Å². The highest BCUT2D eigenvalue weighted by molar-refractivity contribution is 5.86. The number of amides is 2. The van der Waals surface area contributed by atoms with Gasteiger partial charge in [0.1, 0.15) is 0 Å². The molecule has 130 valence electrons. The molecule has 1 aliphatic rings. The normalized spacial score (nSPS) is 17.3. The number of hydrogen-bond donors (Lipinski definition) is 3. The lowest BCUT2D eigenvalue weighted by Gasteiger charge is -2.24. The van der Waals surface area contributed by atoms with Crippen LogP contribution in [0.15, 0.2) is 42.7 Å². The number of nitrogens with zero attached hydrogens (tertiary/aromatic N) is 1. The van der Waals surface area contributed by atoms with E-state index in [2.05, 4.69) is 52.7 Å². The molecular weight excluding hydrogens is 312 g/mol. The van der Waals surface area contributed by atoms with Crippen molar-refractivity contribution in [2.75, 3.05) is 13.1 Å². The third kappa shape index (κ3) is 3.02. The van der Waals surface area contributed by atoms with Crippen LogP contribution in [0.25, 0.3) is 10.9 Å². The van der Waals surface area contributed by atoms with E-state index < -0.39 is 0 Å². The van der Waals surface area contributed by atoms with Gasteiger partial charge in [0.2, 0.25) is 0 Å². The number of likely N-dealkylation sites (tertiary alicyclic amines) is 1. The monoisotopic (exact) mass is 336 g/mol. The van der Waals surface area contributed by atoms with Gasteiger partial charge in [-0.3, -0.25) is 0 Å². The quantitative estimate of drug-likeness (QED) is 0.665. The number of rotatable bonds is 4. The number of benzene rings is 1. The molecular formula is C20H24N4O. The fraction of sp³-hybridized carbons (Fsp3) is 0.350. The van der Waals surface area contributed by atoms with Crippen LogP contribution in [0.2, 0.25) is 0 Å². The van der Waals surface area contributed by atoms with Crippen LogP contribution < -0.4 is 5.32 Å². The molecule has 1 aromatic carbocycles. The number of urea groups is 1. The lowest BCUT2D eigenvalue weighted by molar-refractivity contribution is 0.192. The number of fused-ring (bicyclic) bond motifs is 1. The number of aromatic nitrogens is 2. The van der Waals surface area contributed by atoms with Crippen molar-refractivity contribution in [3.05, 3.63) is 59.5 Å². The molecule has 0 radical (unpaired) electrons. The second-order valence-electron chi connectivity index (χ2n) is 6.77. The van der Waals surface area contributed by atoms with E-state index in [0.29, 0.717) is 6.54 Å². The lowest BCUT2D eigenvalue weighted by Crippen LogP contribution is -2.40. The molecule has 2 amide bonds. The third-order valence-electron chi connectivity index (χ3n) is 5.16. The van der Waals surface area contributed by atoms with Crippen molar-refractivity contribution in [1.29, 1.82) is 0 Å². The van der Waals surface area contributed by atoms with Gasteiger partial charge < -0.3 is 20.2 Å². The van der Waals surface area contributed by atoms with Crippen molar-refractivity contribution in [2.45, 2.75) is 32.2 Å². The van der Waals surface area contributed by atoms with Crippen LogP contribution in [0.1, 0.15) is 35.7 Å². The Bertz CT molecular complexity index is 865. The minimum absolute atomic E-state index is 0.0358. The molecule has 3 aromatic rings. The van der Waals surface area contributed by atoms with Gasteiger partial charge in [0.25, 0.3) is 0 Å². The van der Waals surface area contributed by atoms with Gasteiger partial charge in [0, 0.05) is 42.1 Å². The minimum atomic E-state index is 0.0358. The van der Waals surface area contributed by atoms with Crippen LogP contribution in [0.3, 0.4) is 0 Å².